The standard InChI is InChI=1S/C17H13N5O2/c1-11-15(21-17-18-7-3-9-22(11)17)12-4-2-5-13(10-12)20-16(23)14-6-8-19-24-14/h2-10H,1H3,(H,20,23). The van der Waals surface area contributed by atoms with Crippen LogP contribution in [0.3, 0.4) is 0 Å². The van der Waals surface area contributed by atoms with E-state index in [0.29, 0.717) is 11.5 Å². The normalized spacial score (nSPS) is 10.9. The van der Waals surface area contributed by atoms with Crippen LogP contribution in [0.2, 0.25) is 0 Å². The zero-order valence-corrected chi connectivity index (χ0v) is 12.8. The van der Waals surface area contributed by atoms with Gasteiger partial charge in [0.15, 0.2) is 0 Å². The second-order valence-electron chi connectivity index (χ2n) is 5.25. The molecular formula is C17H13N5O2. The third-order valence-electron chi connectivity index (χ3n) is 3.70. The summed E-state index contributed by atoms with van der Waals surface area (Å²) in [6.07, 6.45) is 5.06. The molecule has 0 aliphatic carbocycles. The molecule has 0 bridgehead atoms. The maximum Gasteiger partial charge on any atom is 0.294 e. The lowest BCUT2D eigenvalue weighted by atomic mass is 10.1. The number of fused-ring (bicyclic) bond motifs is 1. The summed E-state index contributed by atoms with van der Waals surface area (Å²) in [5.74, 6) is 0.452. The Morgan fingerprint density at radius 2 is 2.12 bits per heavy atom. The minimum atomic E-state index is -0.349. The first-order valence-corrected chi connectivity index (χ1v) is 7.34. The monoisotopic (exact) mass is 319 g/mol. The summed E-state index contributed by atoms with van der Waals surface area (Å²) in [5, 5.41) is 6.32. The lowest BCUT2D eigenvalue weighted by molar-refractivity contribution is 0.0988. The molecule has 3 aromatic heterocycles. The van der Waals surface area contributed by atoms with Crippen molar-refractivity contribution >= 4 is 17.4 Å². The molecular weight excluding hydrogens is 306 g/mol. The van der Waals surface area contributed by atoms with E-state index in [1.807, 2.05) is 41.8 Å². The Bertz CT molecular complexity index is 1020. The predicted octanol–water partition coefficient (Wildman–Crippen LogP) is 2.95. The summed E-state index contributed by atoms with van der Waals surface area (Å²) >= 11 is 0. The fraction of sp³-hybridized carbons (Fsp3) is 0.0588. The van der Waals surface area contributed by atoms with Crippen LogP contribution in [0.1, 0.15) is 16.2 Å². The molecule has 0 aliphatic heterocycles. The zero-order chi connectivity index (χ0) is 16.5. The number of imidazole rings is 1. The van der Waals surface area contributed by atoms with Crippen molar-refractivity contribution in [2.75, 3.05) is 5.32 Å². The van der Waals surface area contributed by atoms with E-state index >= 15 is 0 Å². The smallest absolute Gasteiger partial charge is 0.294 e. The Labute approximate surface area is 137 Å². The van der Waals surface area contributed by atoms with E-state index in [1.54, 1.807) is 12.3 Å². The fourth-order valence-corrected chi connectivity index (χ4v) is 2.55. The number of hydrogen-bond acceptors (Lipinski definition) is 5. The summed E-state index contributed by atoms with van der Waals surface area (Å²) in [4.78, 5) is 20.9. The van der Waals surface area contributed by atoms with Gasteiger partial charge in [0, 0.05) is 35.4 Å². The van der Waals surface area contributed by atoms with Crippen LogP contribution in [-0.4, -0.2) is 25.4 Å². The first-order valence-electron chi connectivity index (χ1n) is 7.34. The molecule has 3 heterocycles. The number of rotatable bonds is 3. The Hall–Kier alpha value is -3.48. The maximum atomic E-state index is 12.1. The molecule has 0 aliphatic rings. The van der Waals surface area contributed by atoms with E-state index in [-0.39, 0.29) is 11.7 Å². The zero-order valence-electron chi connectivity index (χ0n) is 12.8. The molecule has 7 heteroatoms. The molecule has 4 rings (SSSR count). The van der Waals surface area contributed by atoms with Crippen molar-refractivity contribution in [3.63, 3.8) is 0 Å². The highest BCUT2D eigenvalue weighted by atomic mass is 16.5. The molecule has 0 unspecified atom stereocenters. The van der Waals surface area contributed by atoms with Gasteiger partial charge in [-0.3, -0.25) is 9.20 Å². The van der Waals surface area contributed by atoms with Gasteiger partial charge in [0.05, 0.1) is 11.9 Å². The van der Waals surface area contributed by atoms with E-state index in [2.05, 4.69) is 20.4 Å². The van der Waals surface area contributed by atoms with E-state index in [1.165, 1.54) is 12.3 Å². The van der Waals surface area contributed by atoms with Gasteiger partial charge in [-0.05, 0) is 25.1 Å². The first-order chi connectivity index (χ1) is 11.7. The topological polar surface area (TPSA) is 85.3 Å². The molecule has 4 aromatic rings. The van der Waals surface area contributed by atoms with Gasteiger partial charge in [-0.15, -0.1) is 0 Å². The van der Waals surface area contributed by atoms with Crippen molar-refractivity contribution in [3.05, 3.63) is 66.4 Å². The average molecular weight is 319 g/mol. The lowest BCUT2D eigenvalue weighted by Gasteiger charge is -2.05. The van der Waals surface area contributed by atoms with E-state index in [9.17, 15) is 4.79 Å². The van der Waals surface area contributed by atoms with Crippen molar-refractivity contribution in [3.8, 4) is 11.3 Å². The number of anilines is 1. The number of amides is 1. The number of benzene rings is 1. The molecule has 118 valence electrons. The van der Waals surface area contributed by atoms with E-state index in [0.717, 1.165) is 17.0 Å². The third kappa shape index (κ3) is 2.41. The van der Waals surface area contributed by atoms with E-state index < -0.39 is 0 Å². The molecule has 0 radical (unpaired) electrons. The van der Waals surface area contributed by atoms with Crippen LogP contribution in [0.4, 0.5) is 5.69 Å². The second kappa shape index (κ2) is 5.62. The van der Waals surface area contributed by atoms with Crippen LogP contribution in [0.25, 0.3) is 17.0 Å². The lowest BCUT2D eigenvalue weighted by Crippen LogP contribution is -2.10. The summed E-state index contributed by atoms with van der Waals surface area (Å²) in [7, 11) is 0. The predicted molar refractivity (Wildman–Crippen MR) is 87.6 cm³/mol. The Morgan fingerprint density at radius 1 is 1.21 bits per heavy atom. The number of nitrogens with one attached hydrogen (secondary N) is 1. The summed E-state index contributed by atoms with van der Waals surface area (Å²) in [5.41, 5.74) is 3.35. The number of carbonyl (C=O) groups excluding carboxylic acids is 1. The largest absolute Gasteiger partial charge is 0.351 e. The first kappa shape index (κ1) is 14.1. The van der Waals surface area contributed by atoms with Gasteiger partial charge in [0.25, 0.3) is 5.91 Å². The van der Waals surface area contributed by atoms with Gasteiger partial charge in [-0.2, -0.15) is 0 Å². The van der Waals surface area contributed by atoms with Gasteiger partial charge >= 0.3 is 0 Å². The Balaban J connectivity index is 1.69. The molecule has 0 saturated carbocycles. The quantitative estimate of drug-likeness (QED) is 0.627. The summed E-state index contributed by atoms with van der Waals surface area (Å²) in [6.45, 7) is 1.98. The molecule has 0 spiro atoms. The van der Waals surface area contributed by atoms with Crippen LogP contribution in [0, 0.1) is 6.92 Å². The van der Waals surface area contributed by atoms with Crippen molar-refractivity contribution in [2.24, 2.45) is 0 Å². The molecule has 1 amide bonds. The van der Waals surface area contributed by atoms with Crippen molar-refractivity contribution in [1.29, 1.82) is 0 Å². The second-order valence-corrected chi connectivity index (χ2v) is 5.25. The number of nitrogens with zero attached hydrogens (tertiary/aromatic N) is 4. The van der Waals surface area contributed by atoms with E-state index in [4.69, 9.17) is 4.52 Å². The average Bonchev–Trinajstić information content (AvgIpc) is 3.24. The number of aromatic nitrogens is 4. The Morgan fingerprint density at radius 3 is 2.92 bits per heavy atom. The molecule has 0 fully saturated rings. The fourth-order valence-electron chi connectivity index (χ4n) is 2.55. The highest BCUT2D eigenvalue weighted by Crippen LogP contribution is 2.25. The molecule has 7 nitrogen and oxygen atoms in total. The number of aryl methyl sites for hydroxylation is 1. The Kier molecular flexibility index (Phi) is 3.31. The van der Waals surface area contributed by atoms with Crippen LogP contribution in [0.5, 0.6) is 0 Å². The molecule has 1 N–H and O–H groups in total. The summed E-state index contributed by atoms with van der Waals surface area (Å²) < 4.78 is 6.78. The van der Waals surface area contributed by atoms with Crippen molar-refractivity contribution < 1.29 is 9.32 Å². The molecule has 1 aromatic carbocycles. The molecule has 0 saturated heterocycles. The highest BCUT2D eigenvalue weighted by Gasteiger charge is 2.13. The molecule has 0 atom stereocenters. The van der Waals surface area contributed by atoms with Gasteiger partial charge in [-0.25, -0.2) is 9.97 Å². The highest BCUT2D eigenvalue weighted by molar-refractivity contribution is 6.02. The van der Waals surface area contributed by atoms with Gasteiger partial charge < -0.3 is 9.84 Å². The van der Waals surface area contributed by atoms with Gasteiger partial charge in [0.1, 0.15) is 0 Å². The van der Waals surface area contributed by atoms with Crippen molar-refractivity contribution in [1.82, 2.24) is 19.5 Å². The minimum Gasteiger partial charge on any atom is -0.351 e. The summed E-state index contributed by atoms with van der Waals surface area (Å²) in [6, 6.07) is 10.8. The maximum absolute atomic E-state index is 12.1. The van der Waals surface area contributed by atoms with Crippen LogP contribution in [0.15, 0.2) is 59.5 Å². The SMILES string of the molecule is Cc1c(-c2cccc(NC(=O)c3ccno3)c2)nc2ncccn12. The number of hydrogen-bond donors (Lipinski definition) is 1. The van der Waals surface area contributed by atoms with Gasteiger partial charge in [0.2, 0.25) is 11.5 Å². The third-order valence-corrected chi connectivity index (χ3v) is 3.70. The van der Waals surface area contributed by atoms with Crippen LogP contribution < -0.4 is 5.32 Å². The van der Waals surface area contributed by atoms with Crippen molar-refractivity contribution in [2.45, 2.75) is 6.92 Å². The van der Waals surface area contributed by atoms with Crippen LogP contribution in [-0.2, 0) is 0 Å². The molecule has 24 heavy (non-hydrogen) atoms. The minimum absolute atomic E-state index is 0.161. The van der Waals surface area contributed by atoms with Crippen LogP contribution >= 0.6 is 0 Å². The van der Waals surface area contributed by atoms with Gasteiger partial charge in [-0.1, -0.05) is 17.3 Å². The number of carbonyl (C=O) groups is 1.